The van der Waals surface area contributed by atoms with E-state index in [0.717, 1.165) is 18.2 Å². The van der Waals surface area contributed by atoms with Crippen LogP contribution < -0.4 is 4.72 Å². The normalized spacial score (nSPS) is 12.3. The van der Waals surface area contributed by atoms with Crippen molar-refractivity contribution < 1.29 is 26.0 Å². The number of sulfonamides is 1. The third kappa shape index (κ3) is 3.96. The number of nitrogens with zero attached hydrogens (tertiary/aromatic N) is 3. The highest BCUT2D eigenvalue weighted by molar-refractivity contribution is 7.92. The molecule has 0 unspecified atom stereocenters. The predicted molar refractivity (Wildman–Crippen MR) is 104 cm³/mol. The molecule has 0 spiro atoms. The van der Waals surface area contributed by atoms with E-state index in [-0.39, 0.29) is 5.82 Å². The fraction of sp³-hybridized carbons (Fsp3) is 0.111. The smallest absolute Gasteiger partial charge is 0.416 e. The van der Waals surface area contributed by atoms with Gasteiger partial charge in [-0.15, -0.1) is 11.3 Å². The Bertz CT molecular complexity index is 1290. The molecule has 12 heteroatoms. The molecule has 3 heterocycles. The van der Waals surface area contributed by atoms with Crippen LogP contribution in [-0.4, -0.2) is 23.2 Å². The maximum absolute atomic E-state index is 12.9. The summed E-state index contributed by atoms with van der Waals surface area (Å²) >= 11 is 1.20. The van der Waals surface area contributed by atoms with E-state index in [0.29, 0.717) is 28.3 Å². The lowest BCUT2D eigenvalue weighted by Crippen LogP contribution is -2.17. The number of aromatic nitrogens is 3. The van der Waals surface area contributed by atoms with Crippen LogP contribution in [0.15, 0.2) is 63.4 Å². The summed E-state index contributed by atoms with van der Waals surface area (Å²) in [7, 11) is -4.30. The molecule has 0 atom stereocenters. The minimum Gasteiger partial charge on any atom is -0.463 e. The van der Waals surface area contributed by atoms with Crippen molar-refractivity contribution in [3.05, 3.63) is 65.4 Å². The third-order valence-electron chi connectivity index (χ3n) is 3.99. The zero-order valence-corrected chi connectivity index (χ0v) is 16.8. The fourth-order valence-electron chi connectivity index (χ4n) is 2.65. The van der Waals surface area contributed by atoms with Gasteiger partial charge in [0, 0.05) is 11.4 Å². The summed E-state index contributed by atoms with van der Waals surface area (Å²) in [6, 6.07) is 8.40. The molecule has 0 aliphatic heterocycles. The minimum atomic E-state index is -4.66. The zero-order valence-electron chi connectivity index (χ0n) is 15.2. The quantitative estimate of drug-likeness (QED) is 0.471. The van der Waals surface area contributed by atoms with Crippen LogP contribution in [0.1, 0.15) is 11.3 Å². The Balaban J connectivity index is 1.68. The Morgan fingerprint density at radius 3 is 2.67 bits per heavy atom. The van der Waals surface area contributed by atoms with Gasteiger partial charge in [-0.25, -0.2) is 13.4 Å². The molecule has 156 valence electrons. The minimum absolute atomic E-state index is 0.0465. The number of nitrogens with one attached hydrogen (secondary N) is 1. The Hall–Kier alpha value is -3.12. The van der Waals surface area contributed by atoms with Gasteiger partial charge in [-0.05, 0) is 37.3 Å². The van der Waals surface area contributed by atoms with Crippen molar-refractivity contribution in [2.24, 2.45) is 0 Å². The van der Waals surface area contributed by atoms with Gasteiger partial charge < -0.3 is 4.42 Å². The predicted octanol–water partition coefficient (Wildman–Crippen LogP) is 4.72. The molecule has 0 fully saturated rings. The first-order valence-corrected chi connectivity index (χ1v) is 10.8. The zero-order chi connectivity index (χ0) is 21.5. The second-order valence-electron chi connectivity index (χ2n) is 6.21. The Morgan fingerprint density at radius 2 is 1.97 bits per heavy atom. The summed E-state index contributed by atoms with van der Waals surface area (Å²) in [5.74, 6) is 0.581. The number of benzene rings is 1. The highest BCUT2D eigenvalue weighted by Crippen LogP contribution is 2.31. The van der Waals surface area contributed by atoms with Crippen molar-refractivity contribution in [1.82, 2.24) is 14.8 Å². The molecule has 3 aromatic heterocycles. The fourth-order valence-corrected chi connectivity index (χ4v) is 4.51. The maximum atomic E-state index is 12.9. The standard InChI is InChI=1S/C18H13F3N4O3S2/c1-11-8-16(24-30(26,27)13-5-2-4-12(9-13)18(19,20)21)25(23-11)17-22-14(10-29-17)15-6-3-7-28-15/h2-10,24H,1H3. The highest BCUT2D eigenvalue weighted by atomic mass is 32.2. The van der Waals surface area contributed by atoms with Crippen LogP contribution in [0, 0.1) is 6.92 Å². The number of anilines is 1. The van der Waals surface area contributed by atoms with Crippen molar-refractivity contribution in [2.75, 3.05) is 4.72 Å². The Morgan fingerprint density at radius 1 is 1.17 bits per heavy atom. The summed E-state index contributed by atoms with van der Waals surface area (Å²) in [6.45, 7) is 1.65. The van der Waals surface area contributed by atoms with Crippen molar-refractivity contribution >= 4 is 27.2 Å². The molecular formula is C18H13F3N4O3S2. The monoisotopic (exact) mass is 454 g/mol. The van der Waals surface area contributed by atoms with Crippen molar-refractivity contribution in [3.8, 4) is 16.6 Å². The Kier molecular flexibility index (Phi) is 4.90. The lowest BCUT2D eigenvalue weighted by atomic mass is 10.2. The van der Waals surface area contributed by atoms with Gasteiger partial charge in [0.25, 0.3) is 10.0 Å². The van der Waals surface area contributed by atoms with Gasteiger partial charge in [-0.1, -0.05) is 6.07 Å². The largest absolute Gasteiger partial charge is 0.463 e. The number of rotatable bonds is 5. The molecule has 0 radical (unpaired) electrons. The number of furan rings is 1. The molecule has 0 saturated carbocycles. The van der Waals surface area contributed by atoms with E-state index in [4.69, 9.17) is 4.42 Å². The van der Waals surface area contributed by atoms with Gasteiger partial charge in [0.2, 0.25) is 5.13 Å². The van der Waals surface area contributed by atoms with E-state index >= 15 is 0 Å². The lowest BCUT2D eigenvalue weighted by Gasteiger charge is -2.11. The van der Waals surface area contributed by atoms with Crippen LogP contribution >= 0.6 is 11.3 Å². The maximum Gasteiger partial charge on any atom is 0.416 e. The van der Waals surface area contributed by atoms with Gasteiger partial charge in [-0.2, -0.15) is 23.0 Å². The summed E-state index contributed by atoms with van der Waals surface area (Å²) in [5, 5.41) is 6.31. The van der Waals surface area contributed by atoms with Crippen LogP contribution in [0.2, 0.25) is 0 Å². The number of halogens is 3. The second-order valence-corrected chi connectivity index (χ2v) is 8.73. The molecule has 0 saturated heterocycles. The number of hydrogen-bond acceptors (Lipinski definition) is 6. The molecule has 4 aromatic rings. The SMILES string of the molecule is Cc1cc(NS(=O)(=O)c2cccc(C(F)(F)F)c2)n(-c2nc(-c3ccco3)cs2)n1. The van der Waals surface area contributed by atoms with Gasteiger partial charge in [0.15, 0.2) is 5.76 Å². The molecule has 0 amide bonds. The average molecular weight is 454 g/mol. The number of hydrogen-bond donors (Lipinski definition) is 1. The summed E-state index contributed by atoms with van der Waals surface area (Å²) in [4.78, 5) is 3.87. The first kappa shape index (κ1) is 20.2. The summed E-state index contributed by atoms with van der Waals surface area (Å²) in [5.41, 5.74) is -0.0237. The van der Waals surface area contributed by atoms with Gasteiger partial charge in [0.1, 0.15) is 11.5 Å². The first-order valence-electron chi connectivity index (χ1n) is 8.40. The summed E-state index contributed by atoms with van der Waals surface area (Å²) in [6.07, 6.45) is -3.16. The van der Waals surface area contributed by atoms with E-state index in [2.05, 4.69) is 14.8 Å². The lowest BCUT2D eigenvalue weighted by molar-refractivity contribution is -0.137. The molecule has 0 aliphatic carbocycles. The summed E-state index contributed by atoms with van der Waals surface area (Å²) < 4.78 is 73.1. The van der Waals surface area contributed by atoms with Crippen LogP contribution in [0.5, 0.6) is 0 Å². The van der Waals surface area contributed by atoms with Crippen molar-refractivity contribution in [1.29, 1.82) is 0 Å². The number of aryl methyl sites for hydroxylation is 1. The molecular weight excluding hydrogens is 441 g/mol. The molecule has 7 nitrogen and oxygen atoms in total. The number of alkyl halides is 3. The van der Waals surface area contributed by atoms with E-state index in [1.165, 1.54) is 28.3 Å². The van der Waals surface area contributed by atoms with Crippen LogP contribution in [-0.2, 0) is 16.2 Å². The molecule has 0 bridgehead atoms. The Labute approximate surface area is 172 Å². The average Bonchev–Trinajstić information content (AvgIpc) is 3.41. The molecule has 1 N–H and O–H groups in total. The first-order chi connectivity index (χ1) is 14.1. The van der Waals surface area contributed by atoms with Gasteiger partial charge in [-0.3, -0.25) is 4.72 Å². The van der Waals surface area contributed by atoms with E-state index in [9.17, 15) is 21.6 Å². The molecule has 0 aliphatic rings. The molecule has 4 rings (SSSR count). The molecule has 1 aromatic carbocycles. The van der Waals surface area contributed by atoms with Gasteiger partial charge in [0.05, 0.1) is 22.4 Å². The van der Waals surface area contributed by atoms with Crippen LogP contribution in [0.4, 0.5) is 19.0 Å². The van der Waals surface area contributed by atoms with Crippen LogP contribution in [0.25, 0.3) is 16.6 Å². The van der Waals surface area contributed by atoms with E-state index in [1.807, 2.05) is 0 Å². The van der Waals surface area contributed by atoms with Crippen LogP contribution in [0.3, 0.4) is 0 Å². The highest BCUT2D eigenvalue weighted by Gasteiger charge is 2.32. The van der Waals surface area contributed by atoms with Crippen molar-refractivity contribution in [2.45, 2.75) is 18.0 Å². The van der Waals surface area contributed by atoms with Gasteiger partial charge >= 0.3 is 6.18 Å². The van der Waals surface area contributed by atoms with E-state index in [1.54, 1.807) is 24.4 Å². The second kappa shape index (κ2) is 7.29. The topological polar surface area (TPSA) is 90.0 Å². The number of thiazole rings is 1. The third-order valence-corrected chi connectivity index (χ3v) is 6.16. The van der Waals surface area contributed by atoms with Crippen molar-refractivity contribution in [3.63, 3.8) is 0 Å². The van der Waals surface area contributed by atoms with E-state index < -0.39 is 26.7 Å². The molecule has 30 heavy (non-hydrogen) atoms.